The summed E-state index contributed by atoms with van der Waals surface area (Å²) < 4.78 is 34.9. The number of nitrogens with zero attached hydrogens (tertiary/aromatic N) is 2. The Balaban J connectivity index is 1.80. The molecule has 0 radical (unpaired) electrons. The van der Waals surface area contributed by atoms with Crippen LogP contribution >= 0.6 is 23.2 Å². The van der Waals surface area contributed by atoms with E-state index in [9.17, 15) is 18.0 Å². The number of hydrogen-bond acceptors (Lipinski definition) is 5. The summed E-state index contributed by atoms with van der Waals surface area (Å²) in [5.74, 6) is -0.423. The molecule has 0 saturated heterocycles. The third-order valence-corrected chi connectivity index (χ3v) is 10.0. The summed E-state index contributed by atoms with van der Waals surface area (Å²) in [4.78, 5) is 29.9. The highest BCUT2D eigenvalue weighted by atomic mass is 35.5. The van der Waals surface area contributed by atoms with Gasteiger partial charge in [0.1, 0.15) is 18.3 Å². The summed E-state index contributed by atoms with van der Waals surface area (Å²) in [6.07, 6.45) is 0.875. The molecule has 47 heavy (non-hydrogen) atoms. The van der Waals surface area contributed by atoms with Crippen molar-refractivity contribution in [2.75, 3.05) is 17.5 Å². The molecule has 4 aromatic carbocycles. The van der Waals surface area contributed by atoms with Crippen LogP contribution in [0.25, 0.3) is 0 Å². The quantitative estimate of drug-likeness (QED) is 0.143. The number of rotatable bonds is 15. The van der Waals surface area contributed by atoms with Gasteiger partial charge in [0.15, 0.2) is 0 Å². The molecule has 0 spiro atoms. The predicted molar refractivity (Wildman–Crippen MR) is 187 cm³/mol. The predicted octanol–water partition coefficient (Wildman–Crippen LogP) is 7.14. The first-order valence-electron chi connectivity index (χ1n) is 15.4. The van der Waals surface area contributed by atoms with Crippen molar-refractivity contribution >= 4 is 50.7 Å². The van der Waals surface area contributed by atoms with E-state index in [1.807, 2.05) is 51.1 Å². The fourth-order valence-electron chi connectivity index (χ4n) is 4.95. The second-order valence-electron chi connectivity index (χ2n) is 11.0. The molecule has 1 N–H and O–H groups in total. The van der Waals surface area contributed by atoms with Crippen LogP contribution in [0, 0.1) is 0 Å². The van der Waals surface area contributed by atoms with E-state index in [0.717, 1.165) is 9.87 Å². The van der Waals surface area contributed by atoms with E-state index < -0.39 is 28.5 Å². The molecule has 4 rings (SSSR count). The second kappa shape index (κ2) is 16.7. The Bertz CT molecular complexity index is 1740. The second-order valence-corrected chi connectivity index (χ2v) is 13.7. The molecular formula is C36H39Cl2N3O5S. The lowest BCUT2D eigenvalue weighted by atomic mass is 10.0. The molecule has 4 aromatic rings. The van der Waals surface area contributed by atoms with Gasteiger partial charge in [0, 0.05) is 29.1 Å². The van der Waals surface area contributed by atoms with Crippen LogP contribution in [-0.4, -0.2) is 50.4 Å². The lowest BCUT2D eigenvalue weighted by Crippen LogP contribution is -2.54. The molecule has 0 heterocycles. The number of hydrogen-bond donors (Lipinski definition) is 1. The Kier molecular flexibility index (Phi) is 12.7. The largest absolute Gasteiger partial charge is 0.494 e. The molecule has 0 aliphatic carbocycles. The van der Waals surface area contributed by atoms with Crippen molar-refractivity contribution in [2.45, 2.75) is 57.1 Å². The first-order valence-corrected chi connectivity index (χ1v) is 17.6. The molecule has 0 saturated carbocycles. The normalized spacial score (nSPS) is 12.5. The number of nitrogens with one attached hydrogen (secondary N) is 1. The Morgan fingerprint density at radius 1 is 0.872 bits per heavy atom. The van der Waals surface area contributed by atoms with E-state index in [0.29, 0.717) is 40.1 Å². The molecule has 8 nitrogen and oxygen atoms in total. The first-order chi connectivity index (χ1) is 22.5. The van der Waals surface area contributed by atoms with Gasteiger partial charge in [0.2, 0.25) is 11.8 Å². The molecule has 11 heteroatoms. The van der Waals surface area contributed by atoms with Crippen molar-refractivity contribution in [2.24, 2.45) is 0 Å². The van der Waals surface area contributed by atoms with Crippen molar-refractivity contribution in [1.29, 1.82) is 0 Å². The smallest absolute Gasteiger partial charge is 0.264 e. The minimum absolute atomic E-state index is 0.0137. The van der Waals surface area contributed by atoms with E-state index in [-0.39, 0.29) is 29.8 Å². The van der Waals surface area contributed by atoms with Crippen LogP contribution in [0.4, 0.5) is 5.69 Å². The maximum absolute atomic E-state index is 14.6. The lowest BCUT2D eigenvalue weighted by Gasteiger charge is -2.34. The van der Waals surface area contributed by atoms with Crippen LogP contribution in [0.15, 0.2) is 108 Å². The fourth-order valence-corrected chi connectivity index (χ4v) is 6.84. The summed E-state index contributed by atoms with van der Waals surface area (Å²) in [6.45, 7) is 5.47. The molecule has 0 bridgehead atoms. The van der Waals surface area contributed by atoms with Crippen molar-refractivity contribution in [1.82, 2.24) is 10.2 Å². The van der Waals surface area contributed by atoms with Crippen molar-refractivity contribution in [3.63, 3.8) is 0 Å². The fraction of sp³-hybridized carbons (Fsp3) is 0.278. The van der Waals surface area contributed by atoms with E-state index >= 15 is 0 Å². The molecular weight excluding hydrogens is 657 g/mol. The molecule has 0 aliphatic rings. The van der Waals surface area contributed by atoms with Gasteiger partial charge in [-0.2, -0.15) is 0 Å². The standard InChI is InChI=1S/C36H39Cl2N3O5S/c1-4-26(3)39-36(43)34(22-27-12-8-6-9-13-27)40(24-28-16-17-29(37)23-33(28)38)35(42)25-41(30-14-10-7-11-15-30)47(44,45)32-20-18-31(19-21-32)46-5-2/h6-21,23,26,34H,4-5,22,24-25H2,1-3H3,(H,39,43). The highest BCUT2D eigenvalue weighted by Gasteiger charge is 2.35. The highest BCUT2D eigenvalue weighted by molar-refractivity contribution is 7.92. The van der Waals surface area contributed by atoms with E-state index in [4.69, 9.17) is 27.9 Å². The summed E-state index contributed by atoms with van der Waals surface area (Å²) in [5.41, 5.74) is 1.68. The summed E-state index contributed by atoms with van der Waals surface area (Å²) in [5, 5.41) is 3.76. The van der Waals surface area contributed by atoms with Crippen LogP contribution in [-0.2, 0) is 32.6 Å². The molecule has 248 valence electrons. The maximum Gasteiger partial charge on any atom is 0.264 e. The zero-order valence-corrected chi connectivity index (χ0v) is 28.9. The van der Waals surface area contributed by atoms with E-state index in [1.54, 1.807) is 60.7 Å². The summed E-state index contributed by atoms with van der Waals surface area (Å²) >= 11 is 12.8. The molecule has 2 unspecified atom stereocenters. The zero-order valence-electron chi connectivity index (χ0n) is 26.6. The van der Waals surface area contributed by atoms with Gasteiger partial charge in [-0.05, 0) is 79.9 Å². The SMILES string of the molecule is CCOc1ccc(S(=O)(=O)N(CC(=O)N(Cc2ccc(Cl)cc2Cl)C(Cc2ccccc2)C(=O)NC(C)CC)c2ccccc2)cc1. The van der Waals surface area contributed by atoms with E-state index in [1.165, 1.54) is 17.0 Å². The number of benzene rings is 4. The van der Waals surface area contributed by atoms with Crippen LogP contribution < -0.4 is 14.4 Å². The lowest BCUT2D eigenvalue weighted by molar-refractivity contribution is -0.140. The van der Waals surface area contributed by atoms with Crippen molar-refractivity contribution in [3.05, 3.63) is 124 Å². The van der Waals surface area contributed by atoms with Gasteiger partial charge >= 0.3 is 0 Å². The van der Waals surface area contributed by atoms with Crippen molar-refractivity contribution < 1.29 is 22.7 Å². The first kappa shape index (κ1) is 35.8. The number of carbonyl (C=O) groups is 2. The third-order valence-electron chi connectivity index (χ3n) is 7.67. The number of halogens is 2. The topological polar surface area (TPSA) is 96.0 Å². The molecule has 2 amide bonds. The Morgan fingerprint density at radius 3 is 2.11 bits per heavy atom. The van der Waals surface area contributed by atoms with Gasteiger partial charge in [-0.1, -0.05) is 84.7 Å². The van der Waals surface area contributed by atoms with Gasteiger partial charge in [0.05, 0.1) is 17.2 Å². The van der Waals surface area contributed by atoms with Gasteiger partial charge in [-0.25, -0.2) is 8.42 Å². The molecule has 0 aromatic heterocycles. The number of carbonyl (C=O) groups excluding carboxylic acids is 2. The third kappa shape index (κ3) is 9.50. The van der Waals surface area contributed by atoms with Crippen molar-refractivity contribution in [3.8, 4) is 5.75 Å². The van der Waals surface area contributed by atoms with Crippen LogP contribution in [0.2, 0.25) is 10.0 Å². The van der Waals surface area contributed by atoms with Gasteiger partial charge < -0.3 is 15.0 Å². The van der Waals surface area contributed by atoms with E-state index in [2.05, 4.69) is 5.32 Å². The van der Waals surface area contributed by atoms with Crippen LogP contribution in [0.5, 0.6) is 5.75 Å². The summed E-state index contributed by atoms with van der Waals surface area (Å²) in [6, 6.07) is 27.6. The molecule has 0 aliphatic heterocycles. The van der Waals surface area contributed by atoms with Crippen LogP contribution in [0.1, 0.15) is 38.3 Å². The highest BCUT2D eigenvalue weighted by Crippen LogP contribution is 2.28. The zero-order chi connectivity index (χ0) is 34.0. The molecule has 0 fully saturated rings. The average molecular weight is 697 g/mol. The van der Waals surface area contributed by atoms with Crippen LogP contribution in [0.3, 0.4) is 0 Å². The monoisotopic (exact) mass is 695 g/mol. The average Bonchev–Trinajstić information content (AvgIpc) is 3.07. The number of anilines is 1. The number of para-hydroxylation sites is 1. The Labute approximate surface area is 287 Å². The van der Waals surface area contributed by atoms with Gasteiger partial charge in [-0.3, -0.25) is 13.9 Å². The van der Waals surface area contributed by atoms with Gasteiger partial charge in [-0.15, -0.1) is 0 Å². The minimum Gasteiger partial charge on any atom is -0.494 e. The maximum atomic E-state index is 14.6. The Morgan fingerprint density at radius 2 is 1.51 bits per heavy atom. The number of ether oxygens (including phenoxy) is 1. The Hall–Kier alpha value is -4.05. The minimum atomic E-state index is -4.24. The number of sulfonamides is 1. The molecule has 2 atom stereocenters. The van der Waals surface area contributed by atoms with Gasteiger partial charge in [0.25, 0.3) is 10.0 Å². The number of amides is 2. The summed E-state index contributed by atoms with van der Waals surface area (Å²) in [7, 11) is -4.24.